The van der Waals surface area contributed by atoms with E-state index in [1.165, 1.54) is 23.1 Å². The van der Waals surface area contributed by atoms with Crippen molar-refractivity contribution < 1.29 is 9.53 Å². The van der Waals surface area contributed by atoms with Crippen molar-refractivity contribution in [3.63, 3.8) is 0 Å². The summed E-state index contributed by atoms with van der Waals surface area (Å²) in [5.41, 5.74) is 1.63. The Morgan fingerprint density at radius 2 is 2.19 bits per heavy atom. The Morgan fingerprint density at radius 3 is 2.85 bits per heavy atom. The van der Waals surface area contributed by atoms with Crippen LogP contribution in [-0.2, 0) is 11.8 Å². The van der Waals surface area contributed by atoms with Crippen LogP contribution in [0.2, 0.25) is 0 Å². The van der Waals surface area contributed by atoms with Gasteiger partial charge in [-0.15, -0.1) is 21.5 Å². The molecule has 1 aromatic carbocycles. The summed E-state index contributed by atoms with van der Waals surface area (Å²) in [6, 6.07) is 9.59. The summed E-state index contributed by atoms with van der Waals surface area (Å²) in [6.45, 7) is 1.84. The average Bonchev–Trinajstić information content (AvgIpc) is 3.26. The van der Waals surface area contributed by atoms with E-state index in [0.717, 1.165) is 11.3 Å². The smallest absolute Gasteiger partial charge is 0.191 e. The van der Waals surface area contributed by atoms with Gasteiger partial charge in [-0.05, 0) is 19.1 Å². The van der Waals surface area contributed by atoms with Gasteiger partial charge in [0.15, 0.2) is 22.7 Å². The third-order valence-electron chi connectivity index (χ3n) is 3.86. The minimum atomic E-state index is -0.849. The van der Waals surface area contributed by atoms with E-state index in [4.69, 9.17) is 4.74 Å². The third kappa shape index (κ3) is 4.02. The molecule has 2 aromatic heterocycles. The topological polar surface area (TPSA) is 93.7 Å². The number of benzene rings is 1. The number of ketones is 1. The van der Waals surface area contributed by atoms with Crippen LogP contribution in [0.3, 0.4) is 0 Å². The molecular formula is C18H17N5O2S2. The molecule has 27 heavy (non-hydrogen) atoms. The molecule has 0 aliphatic carbocycles. The van der Waals surface area contributed by atoms with Crippen molar-refractivity contribution in [2.24, 2.45) is 7.05 Å². The second kappa shape index (κ2) is 8.33. The molecule has 3 rings (SSSR count). The molecule has 0 aliphatic heterocycles. The maximum Gasteiger partial charge on any atom is 0.191 e. The Balaban J connectivity index is 1.75. The van der Waals surface area contributed by atoms with E-state index in [0.29, 0.717) is 21.7 Å². The predicted molar refractivity (Wildman–Crippen MR) is 104 cm³/mol. The second-order valence-electron chi connectivity index (χ2n) is 5.71. The highest BCUT2D eigenvalue weighted by Gasteiger charge is 2.24. The van der Waals surface area contributed by atoms with Gasteiger partial charge in [-0.1, -0.05) is 23.9 Å². The molecule has 0 fully saturated rings. The van der Waals surface area contributed by atoms with Crippen LogP contribution in [0.1, 0.15) is 16.6 Å². The Morgan fingerprint density at radius 1 is 1.41 bits per heavy atom. The molecule has 0 unspecified atom stereocenters. The highest BCUT2D eigenvalue weighted by atomic mass is 32.2. The number of aryl methyl sites for hydroxylation is 1. The van der Waals surface area contributed by atoms with Crippen LogP contribution >= 0.6 is 23.1 Å². The van der Waals surface area contributed by atoms with Crippen molar-refractivity contribution in [1.82, 2.24) is 19.7 Å². The van der Waals surface area contributed by atoms with Crippen molar-refractivity contribution in [3.05, 3.63) is 40.3 Å². The van der Waals surface area contributed by atoms with E-state index in [1.807, 2.05) is 48.2 Å². The first kappa shape index (κ1) is 19.1. The fraction of sp³-hybridized carbons (Fsp3) is 0.278. The van der Waals surface area contributed by atoms with Crippen LogP contribution in [0.15, 0.2) is 34.8 Å². The monoisotopic (exact) mass is 399 g/mol. The fourth-order valence-corrected chi connectivity index (χ4v) is 4.17. The first-order chi connectivity index (χ1) is 13.0. The molecular weight excluding hydrogens is 382 g/mol. The number of Topliss-reactive ketones (excluding diaryl/α,β-unsaturated/α-hetero) is 1. The molecule has 9 heteroatoms. The third-order valence-corrected chi connectivity index (χ3v) is 5.93. The lowest BCUT2D eigenvalue weighted by Crippen LogP contribution is -2.13. The number of thiazole rings is 1. The van der Waals surface area contributed by atoms with Crippen LogP contribution in [0.4, 0.5) is 0 Å². The molecule has 0 aliphatic rings. The summed E-state index contributed by atoms with van der Waals surface area (Å²) in [4.78, 5) is 16.7. The first-order valence-electron chi connectivity index (χ1n) is 8.05. The number of thioether (sulfide) groups is 1. The van der Waals surface area contributed by atoms with Gasteiger partial charge in [0, 0.05) is 18.1 Å². The van der Waals surface area contributed by atoms with Crippen LogP contribution in [-0.4, -0.2) is 38.4 Å². The fourth-order valence-electron chi connectivity index (χ4n) is 2.49. The van der Waals surface area contributed by atoms with Crippen molar-refractivity contribution in [2.45, 2.75) is 18.0 Å². The number of methoxy groups -OCH3 is 1. The molecule has 0 bridgehead atoms. The van der Waals surface area contributed by atoms with E-state index in [9.17, 15) is 10.1 Å². The Kier molecular flexibility index (Phi) is 5.88. The molecule has 3 aromatic rings. The van der Waals surface area contributed by atoms with Gasteiger partial charge in [-0.2, -0.15) is 5.26 Å². The van der Waals surface area contributed by atoms with Gasteiger partial charge in [0.05, 0.1) is 24.5 Å². The molecule has 0 spiro atoms. The van der Waals surface area contributed by atoms with E-state index in [1.54, 1.807) is 7.11 Å². The quantitative estimate of drug-likeness (QED) is 0.563. The number of carbonyl (C=O) groups excluding carboxylic acids is 1. The molecule has 0 radical (unpaired) electrons. The maximum absolute atomic E-state index is 12.5. The van der Waals surface area contributed by atoms with Crippen LogP contribution < -0.4 is 4.74 Å². The number of aromatic nitrogens is 4. The summed E-state index contributed by atoms with van der Waals surface area (Å²) in [6.07, 6.45) is 0. The number of nitrogens with zero attached hydrogens (tertiary/aromatic N) is 5. The molecule has 0 amide bonds. The molecule has 0 saturated carbocycles. The number of carbonyl (C=O) groups is 1. The minimum absolute atomic E-state index is 0.120. The molecule has 0 saturated heterocycles. The van der Waals surface area contributed by atoms with Crippen molar-refractivity contribution in [1.29, 1.82) is 5.26 Å². The van der Waals surface area contributed by atoms with Gasteiger partial charge >= 0.3 is 0 Å². The predicted octanol–water partition coefficient (Wildman–Crippen LogP) is 3.22. The number of rotatable bonds is 7. The lowest BCUT2D eigenvalue weighted by molar-refractivity contribution is -0.116. The van der Waals surface area contributed by atoms with Crippen LogP contribution in [0.5, 0.6) is 5.75 Å². The number of nitriles is 1. The van der Waals surface area contributed by atoms with Gasteiger partial charge < -0.3 is 9.30 Å². The van der Waals surface area contributed by atoms with Gasteiger partial charge in [0.2, 0.25) is 0 Å². The molecule has 7 nitrogen and oxygen atoms in total. The number of ether oxygens (including phenoxy) is 1. The van der Waals surface area contributed by atoms with Crippen molar-refractivity contribution in [2.75, 3.05) is 12.9 Å². The van der Waals surface area contributed by atoms with E-state index in [-0.39, 0.29) is 11.5 Å². The van der Waals surface area contributed by atoms with E-state index < -0.39 is 5.92 Å². The van der Waals surface area contributed by atoms with E-state index in [2.05, 4.69) is 21.3 Å². The highest BCUT2D eigenvalue weighted by molar-refractivity contribution is 7.99. The number of hydrogen-bond donors (Lipinski definition) is 0. The van der Waals surface area contributed by atoms with Gasteiger partial charge in [-0.25, -0.2) is 4.98 Å². The van der Waals surface area contributed by atoms with Crippen LogP contribution in [0, 0.1) is 18.3 Å². The zero-order valence-electron chi connectivity index (χ0n) is 15.0. The van der Waals surface area contributed by atoms with E-state index >= 15 is 0 Å². The zero-order valence-corrected chi connectivity index (χ0v) is 16.7. The minimum Gasteiger partial charge on any atom is -0.496 e. The molecule has 1 atom stereocenters. The normalized spacial score (nSPS) is 11.8. The van der Waals surface area contributed by atoms with Gasteiger partial charge in [-0.3, -0.25) is 4.79 Å². The number of para-hydroxylation sites is 1. The SMILES string of the molecule is COc1ccccc1-c1nnc(SCC(=O)[C@@H](C#N)c2nc(C)cs2)n1C. The Bertz CT molecular complexity index is 1010. The summed E-state index contributed by atoms with van der Waals surface area (Å²) in [7, 11) is 3.44. The second-order valence-corrected chi connectivity index (χ2v) is 7.54. The lowest BCUT2D eigenvalue weighted by atomic mass is 10.1. The van der Waals surface area contributed by atoms with Gasteiger partial charge in [0.25, 0.3) is 0 Å². The van der Waals surface area contributed by atoms with Gasteiger partial charge in [0.1, 0.15) is 10.8 Å². The standard InChI is InChI=1S/C18H17N5O2S2/c1-11-9-26-17(20-11)13(8-19)14(24)10-27-18-22-21-16(23(18)2)12-6-4-5-7-15(12)25-3/h4-7,9,13H,10H2,1-3H3/t13-/m1/s1. The summed E-state index contributed by atoms with van der Waals surface area (Å²) < 4.78 is 7.19. The summed E-state index contributed by atoms with van der Waals surface area (Å²) in [5.74, 6) is 0.422. The molecule has 2 heterocycles. The summed E-state index contributed by atoms with van der Waals surface area (Å²) >= 11 is 2.58. The Labute approximate surface area is 165 Å². The molecule has 0 N–H and O–H groups in total. The summed E-state index contributed by atoms with van der Waals surface area (Å²) in [5, 5.41) is 20.7. The van der Waals surface area contributed by atoms with Crippen molar-refractivity contribution in [3.8, 4) is 23.2 Å². The van der Waals surface area contributed by atoms with Crippen molar-refractivity contribution >= 4 is 28.9 Å². The number of hydrogen-bond acceptors (Lipinski definition) is 8. The highest BCUT2D eigenvalue weighted by Crippen LogP contribution is 2.30. The molecule has 138 valence electrons. The Hall–Kier alpha value is -2.70. The first-order valence-corrected chi connectivity index (χ1v) is 9.91. The zero-order chi connectivity index (χ0) is 19.4. The average molecular weight is 400 g/mol. The largest absolute Gasteiger partial charge is 0.496 e. The van der Waals surface area contributed by atoms with Crippen LogP contribution in [0.25, 0.3) is 11.4 Å². The lowest BCUT2D eigenvalue weighted by Gasteiger charge is -2.08. The maximum atomic E-state index is 12.5.